The van der Waals surface area contributed by atoms with Gasteiger partial charge in [-0.1, -0.05) is 0 Å². The monoisotopic (exact) mass is 253 g/mol. The minimum Gasteiger partial charge on any atom is -0.478 e. The fraction of sp³-hybridized carbons (Fsp3) is 0.273. The Bertz CT molecular complexity index is 466. The van der Waals surface area contributed by atoms with Crippen LogP contribution >= 0.6 is 11.3 Å². The van der Waals surface area contributed by atoms with Gasteiger partial charge in [0.05, 0.1) is 13.1 Å². The van der Waals surface area contributed by atoms with E-state index in [4.69, 9.17) is 9.84 Å². The van der Waals surface area contributed by atoms with Crippen LogP contribution in [0.3, 0.4) is 0 Å². The normalized spacial score (nSPS) is 15.5. The number of thiophene rings is 1. The van der Waals surface area contributed by atoms with Gasteiger partial charge in [-0.25, -0.2) is 9.59 Å². The third-order valence-electron chi connectivity index (χ3n) is 2.28. The molecule has 0 spiro atoms. The molecular weight excluding hydrogens is 242 g/mol. The number of ether oxygens (including phenoxy) is 1. The summed E-state index contributed by atoms with van der Waals surface area (Å²) in [6, 6.07) is 1.87. The fourth-order valence-corrected chi connectivity index (χ4v) is 2.36. The summed E-state index contributed by atoms with van der Waals surface area (Å²) in [5.41, 5.74) is 0.833. The van der Waals surface area contributed by atoms with Crippen molar-refractivity contribution in [1.82, 2.24) is 4.90 Å². The molecule has 2 heterocycles. The van der Waals surface area contributed by atoms with E-state index in [0.29, 0.717) is 19.7 Å². The Labute approximate surface area is 102 Å². The number of aliphatic carboxylic acids is 1. The summed E-state index contributed by atoms with van der Waals surface area (Å²) in [4.78, 5) is 24.2. The minimum absolute atomic E-state index is 0.291. The van der Waals surface area contributed by atoms with Gasteiger partial charge in [0.1, 0.15) is 6.61 Å². The van der Waals surface area contributed by atoms with Crippen molar-refractivity contribution in [3.05, 3.63) is 28.0 Å². The highest BCUT2D eigenvalue weighted by Gasteiger charge is 2.22. The van der Waals surface area contributed by atoms with E-state index in [1.807, 2.05) is 11.4 Å². The number of hydrogen-bond acceptors (Lipinski definition) is 4. The molecule has 1 saturated heterocycles. The first kappa shape index (κ1) is 11.7. The van der Waals surface area contributed by atoms with Crippen LogP contribution in [0.4, 0.5) is 4.79 Å². The van der Waals surface area contributed by atoms with Crippen LogP contribution in [0.2, 0.25) is 0 Å². The second kappa shape index (κ2) is 5.01. The third-order valence-corrected chi connectivity index (χ3v) is 3.22. The molecule has 90 valence electrons. The SMILES string of the molecule is O=C(O)C=Cc1csc(CN2CCOC2=O)c1. The maximum Gasteiger partial charge on any atom is 0.410 e. The first-order valence-corrected chi connectivity index (χ1v) is 5.93. The summed E-state index contributed by atoms with van der Waals surface area (Å²) in [7, 11) is 0. The summed E-state index contributed by atoms with van der Waals surface area (Å²) < 4.78 is 4.82. The lowest BCUT2D eigenvalue weighted by atomic mass is 10.3. The molecule has 0 unspecified atom stereocenters. The summed E-state index contributed by atoms with van der Waals surface area (Å²) in [5, 5.41) is 10.4. The quantitative estimate of drug-likeness (QED) is 0.831. The molecule has 5 nitrogen and oxygen atoms in total. The van der Waals surface area contributed by atoms with Gasteiger partial charge in [0, 0.05) is 11.0 Å². The molecule has 0 saturated carbocycles. The van der Waals surface area contributed by atoms with Crippen molar-refractivity contribution in [2.24, 2.45) is 0 Å². The second-order valence-electron chi connectivity index (χ2n) is 3.55. The van der Waals surface area contributed by atoms with E-state index in [0.717, 1.165) is 16.5 Å². The van der Waals surface area contributed by atoms with E-state index in [2.05, 4.69) is 0 Å². The number of nitrogens with zero attached hydrogens (tertiary/aromatic N) is 1. The second-order valence-corrected chi connectivity index (χ2v) is 4.55. The summed E-state index contributed by atoms with van der Waals surface area (Å²) in [6.45, 7) is 1.57. The lowest BCUT2D eigenvalue weighted by molar-refractivity contribution is -0.131. The average Bonchev–Trinajstić information content (AvgIpc) is 2.87. The zero-order valence-electron chi connectivity index (χ0n) is 8.96. The Hall–Kier alpha value is -1.82. The molecule has 0 radical (unpaired) electrons. The van der Waals surface area contributed by atoms with Crippen LogP contribution < -0.4 is 0 Å². The Morgan fingerprint density at radius 1 is 1.65 bits per heavy atom. The van der Waals surface area contributed by atoms with Crippen molar-refractivity contribution in [2.45, 2.75) is 6.54 Å². The number of carboxylic acids is 1. The van der Waals surface area contributed by atoms with Crippen molar-refractivity contribution in [1.29, 1.82) is 0 Å². The number of carbonyl (C=O) groups excluding carboxylic acids is 1. The molecule has 1 aliphatic rings. The number of cyclic esters (lactones) is 1. The highest BCUT2D eigenvalue weighted by Crippen LogP contribution is 2.19. The molecule has 0 aliphatic carbocycles. The van der Waals surface area contributed by atoms with Crippen molar-refractivity contribution >= 4 is 29.5 Å². The number of hydrogen-bond donors (Lipinski definition) is 1. The van der Waals surface area contributed by atoms with Crippen molar-refractivity contribution < 1.29 is 19.4 Å². The lowest BCUT2D eigenvalue weighted by Gasteiger charge is -2.09. The van der Waals surface area contributed by atoms with Gasteiger partial charge in [-0.3, -0.25) is 4.90 Å². The highest BCUT2D eigenvalue weighted by atomic mass is 32.1. The number of carbonyl (C=O) groups is 2. The maximum atomic E-state index is 11.2. The van der Waals surface area contributed by atoms with Crippen LogP contribution in [0.1, 0.15) is 10.4 Å². The summed E-state index contributed by atoms with van der Waals surface area (Å²) in [5.74, 6) is -0.971. The van der Waals surface area contributed by atoms with E-state index in [1.54, 1.807) is 4.90 Å². The van der Waals surface area contributed by atoms with Gasteiger partial charge in [0.2, 0.25) is 0 Å². The zero-order chi connectivity index (χ0) is 12.3. The molecule has 0 aromatic carbocycles. The van der Waals surface area contributed by atoms with E-state index in [9.17, 15) is 9.59 Å². The molecule has 0 atom stereocenters. The fourth-order valence-electron chi connectivity index (χ4n) is 1.49. The van der Waals surface area contributed by atoms with Crippen LogP contribution in [0.25, 0.3) is 6.08 Å². The predicted molar refractivity (Wildman–Crippen MR) is 62.7 cm³/mol. The number of amides is 1. The summed E-state index contributed by atoms with van der Waals surface area (Å²) >= 11 is 1.50. The maximum absolute atomic E-state index is 11.2. The van der Waals surface area contributed by atoms with Gasteiger partial charge in [0.25, 0.3) is 0 Å². The van der Waals surface area contributed by atoms with Crippen molar-refractivity contribution in [3.63, 3.8) is 0 Å². The van der Waals surface area contributed by atoms with Crippen molar-refractivity contribution in [3.8, 4) is 0 Å². The molecule has 0 bridgehead atoms. The molecular formula is C11H11NO4S. The minimum atomic E-state index is -0.971. The number of carboxylic acid groups (broad SMARTS) is 1. The standard InChI is InChI=1S/C11H11NO4S/c13-10(14)2-1-8-5-9(17-7-8)6-12-3-4-16-11(12)15/h1-2,5,7H,3-4,6H2,(H,13,14). The van der Waals surface area contributed by atoms with Gasteiger partial charge in [0.15, 0.2) is 0 Å². The van der Waals surface area contributed by atoms with E-state index in [1.165, 1.54) is 17.4 Å². The van der Waals surface area contributed by atoms with Crippen molar-refractivity contribution in [2.75, 3.05) is 13.2 Å². The molecule has 6 heteroatoms. The zero-order valence-corrected chi connectivity index (χ0v) is 9.77. The van der Waals surface area contributed by atoms with Gasteiger partial charge >= 0.3 is 12.1 Å². The number of rotatable bonds is 4. The molecule has 1 amide bonds. The Morgan fingerprint density at radius 3 is 3.12 bits per heavy atom. The molecule has 1 aliphatic heterocycles. The third kappa shape index (κ3) is 3.07. The van der Waals surface area contributed by atoms with E-state index < -0.39 is 5.97 Å². The predicted octanol–water partition coefficient (Wildman–Crippen LogP) is 1.80. The Balaban J connectivity index is 1.98. The van der Waals surface area contributed by atoms with Gasteiger partial charge in [-0.15, -0.1) is 11.3 Å². The first-order valence-electron chi connectivity index (χ1n) is 5.05. The molecule has 2 rings (SSSR count). The topological polar surface area (TPSA) is 66.8 Å². The van der Waals surface area contributed by atoms with Gasteiger partial charge in [-0.05, 0) is 23.1 Å². The molecule has 1 aromatic heterocycles. The lowest BCUT2D eigenvalue weighted by Crippen LogP contribution is -2.22. The van der Waals surface area contributed by atoms with Gasteiger partial charge in [-0.2, -0.15) is 0 Å². The van der Waals surface area contributed by atoms with Crippen LogP contribution in [-0.2, 0) is 16.1 Å². The highest BCUT2D eigenvalue weighted by molar-refractivity contribution is 7.10. The molecule has 17 heavy (non-hydrogen) atoms. The molecule has 1 fully saturated rings. The Kier molecular flexibility index (Phi) is 3.43. The molecule has 1 N–H and O–H groups in total. The van der Waals surface area contributed by atoms with E-state index in [-0.39, 0.29) is 6.09 Å². The Morgan fingerprint density at radius 2 is 2.47 bits per heavy atom. The first-order chi connectivity index (χ1) is 8.15. The molecule has 1 aromatic rings. The largest absolute Gasteiger partial charge is 0.478 e. The summed E-state index contributed by atoms with van der Waals surface area (Å²) in [6.07, 6.45) is 2.33. The van der Waals surface area contributed by atoms with Crippen LogP contribution in [0, 0.1) is 0 Å². The van der Waals surface area contributed by atoms with Crippen LogP contribution in [0.15, 0.2) is 17.5 Å². The van der Waals surface area contributed by atoms with Crippen LogP contribution in [0.5, 0.6) is 0 Å². The van der Waals surface area contributed by atoms with Gasteiger partial charge < -0.3 is 9.84 Å². The van der Waals surface area contributed by atoms with Crippen LogP contribution in [-0.4, -0.2) is 35.2 Å². The average molecular weight is 253 g/mol. The van der Waals surface area contributed by atoms with E-state index >= 15 is 0 Å². The smallest absolute Gasteiger partial charge is 0.410 e.